The van der Waals surface area contributed by atoms with E-state index in [0.29, 0.717) is 24.8 Å². The molecule has 26 heavy (non-hydrogen) atoms. The molecule has 1 amide bonds. The van der Waals surface area contributed by atoms with Crippen molar-refractivity contribution < 1.29 is 13.2 Å². The summed E-state index contributed by atoms with van der Waals surface area (Å²) in [7, 11) is -3.71. The molecule has 0 saturated heterocycles. The van der Waals surface area contributed by atoms with Crippen molar-refractivity contribution in [2.45, 2.75) is 63.4 Å². The van der Waals surface area contributed by atoms with Gasteiger partial charge in [0.05, 0.1) is 11.4 Å². The third-order valence-corrected chi connectivity index (χ3v) is 7.01. The summed E-state index contributed by atoms with van der Waals surface area (Å²) >= 11 is 0. The van der Waals surface area contributed by atoms with E-state index in [0.717, 1.165) is 24.1 Å². The predicted molar refractivity (Wildman–Crippen MR) is 102 cm³/mol. The third-order valence-electron chi connectivity index (χ3n) is 6.10. The fourth-order valence-electron chi connectivity index (χ4n) is 4.28. The van der Waals surface area contributed by atoms with Gasteiger partial charge in [-0.2, -0.15) is 0 Å². The van der Waals surface area contributed by atoms with E-state index in [-0.39, 0.29) is 22.9 Å². The highest BCUT2D eigenvalue weighted by Gasteiger charge is 2.31. The van der Waals surface area contributed by atoms with Gasteiger partial charge >= 0.3 is 0 Å². The highest BCUT2D eigenvalue weighted by Crippen LogP contribution is 2.34. The Bertz CT molecular complexity index is 793. The number of benzene rings is 1. The Morgan fingerprint density at radius 3 is 2.69 bits per heavy atom. The number of sulfonamides is 1. The Morgan fingerprint density at radius 1 is 1.27 bits per heavy atom. The molecule has 0 spiro atoms. The Balaban J connectivity index is 1.70. The van der Waals surface area contributed by atoms with Crippen LogP contribution in [0, 0.1) is 11.8 Å². The normalized spacial score (nSPS) is 28.7. The SMILES string of the molecule is C[C@H]1[C@@H](NC(=O)CN2c3ccc(S(N)(=O)=O)cc3C[C@@H]2C)CCC[C@@H]1C. The number of nitrogens with two attached hydrogens (primary N) is 1. The number of primary sulfonamides is 1. The first kappa shape index (κ1) is 19.2. The molecule has 7 heteroatoms. The van der Waals surface area contributed by atoms with Crippen LogP contribution in [0.15, 0.2) is 23.1 Å². The minimum Gasteiger partial charge on any atom is -0.359 e. The lowest BCUT2D eigenvalue weighted by molar-refractivity contribution is -0.121. The second-order valence-electron chi connectivity index (χ2n) is 7.96. The zero-order chi connectivity index (χ0) is 19.1. The number of carbonyl (C=O) groups excluding carboxylic acids is 1. The van der Waals surface area contributed by atoms with Crippen LogP contribution in [0.4, 0.5) is 5.69 Å². The Labute approximate surface area is 156 Å². The van der Waals surface area contributed by atoms with E-state index in [4.69, 9.17) is 5.14 Å². The molecule has 1 aromatic rings. The Hall–Kier alpha value is -1.60. The van der Waals surface area contributed by atoms with Gasteiger partial charge in [0.25, 0.3) is 0 Å². The molecule has 1 aliphatic carbocycles. The van der Waals surface area contributed by atoms with Gasteiger partial charge in [0.15, 0.2) is 0 Å². The first-order valence-corrected chi connectivity index (χ1v) is 10.9. The van der Waals surface area contributed by atoms with Crippen LogP contribution in [0.5, 0.6) is 0 Å². The van der Waals surface area contributed by atoms with Crippen LogP contribution in [-0.2, 0) is 21.2 Å². The quantitative estimate of drug-likeness (QED) is 0.837. The number of hydrogen-bond donors (Lipinski definition) is 2. The van der Waals surface area contributed by atoms with Gasteiger partial charge in [0.2, 0.25) is 15.9 Å². The zero-order valence-electron chi connectivity index (χ0n) is 15.7. The van der Waals surface area contributed by atoms with Gasteiger partial charge in [-0.3, -0.25) is 4.79 Å². The Kier molecular flexibility index (Phi) is 5.30. The molecule has 1 heterocycles. The minimum absolute atomic E-state index is 0.0335. The van der Waals surface area contributed by atoms with Crippen molar-refractivity contribution in [3.8, 4) is 0 Å². The van der Waals surface area contributed by atoms with Gasteiger partial charge in [0.1, 0.15) is 0 Å². The zero-order valence-corrected chi connectivity index (χ0v) is 16.6. The molecule has 0 radical (unpaired) electrons. The number of hydrogen-bond acceptors (Lipinski definition) is 4. The van der Waals surface area contributed by atoms with E-state index in [1.165, 1.54) is 12.5 Å². The van der Waals surface area contributed by atoms with Crippen LogP contribution in [-0.4, -0.2) is 33.0 Å². The van der Waals surface area contributed by atoms with Crippen molar-refractivity contribution in [1.29, 1.82) is 0 Å². The summed E-state index contributed by atoms with van der Waals surface area (Å²) in [6.45, 7) is 6.82. The van der Waals surface area contributed by atoms with Gasteiger partial charge in [-0.15, -0.1) is 0 Å². The van der Waals surface area contributed by atoms with E-state index >= 15 is 0 Å². The van der Waals surface area contributed by atoms with Crippen LogP contribution in [0.3, 0.4) is 0 Å². The second-order valence-corrected chi connectivity index (χ2v) is 9.52. The summed E-state index contributed by atoms with van der Waals surface area (Å²) < 4.78 is 23.1. The smallest absolute Gasteiger partial charge is 0.239 e. The molecular weight excluding hydrogens is 350 g/mol. The number of amides is 1. The number of anilines is 1. The number of nitrogens with zero attached hydrogens (tertiary/aromatic N) is 1. The summed E-state index contributed by atoms with van der Waals surface area (Å²) in [5.74, 6) is 1.16. The molecule has 2 aliphatic rings. The first-order chi connectivity index (χ1) is 12.2. The van der Waals surface area contributed by atoms with Gasteiger partial charge in [-0.1, -0.05) is 26.7 Å². The predicted octanol–water partition coefficient (Wildman–Crippen LogP) is 2.03. The van der Waals surface area contributed by atoms with Crippen LogP contribution < -0.4 is 15.4 Å². The molecular formula is C19H29N3O3S. The molecule has 3 rings (SSSR count). The lowest BCUT2D eigenvalue weighted by Gasteiger charge is -2.35. The van der Waals surface area contributed by atoms with E-state index in [1.54, 1.807) is 12.1 Å². The fraction of sp³-hybridized carbons (Fsp3) is 0.632. The average Bonchev–Trinajstić information content (AvgIpc) is 2.86. The summed E-state index contributed by atoms with van der Waals surface area (Å²) in [6, 6.07) is 5.30. The molecule has 4 atom stereocenters. The summed E-state index contributed by atoms with van der Waals surface area (Å²) in [5, 5.41) is 8.44. The van der Waals surface area contributed by atoms with Crippen molar-refractivity contribution in [3.63, 3.8) is 0 Å². The van der Waals surface area contributed by atoms with Crippen molar-refractivity contribution in [3.05, 3.63) is 23.8 Å². The minimum atomic E-state index is -3.71. The maximum atomic E-state index is 12.6. The highest BCUT2D eigenvalue weighted by atomic mass is 32.2. The van der Waals surface area contributed by atoms with E-state index in [1.807, 2.05) is 0 Å². The van der Waals surface area contributed by atoms with Gasteiger partial charge in [0, 0.05) is 17.8 Å². The topological polar surface area (TPSA) is 92.5 Å². The third kappa shape index (κ3) is 3.88. The lowest BCUT2D eigenvalue weighted by Crippen LogP contribution is -2.48. The maximum absolute atomic E-state index is 12.6. The van der Waals surface area contributed by atoms with Crippen LogP contribution in [0.1, 0.15) is 45.6 Å². The number of nitrogens with one attached hydrogen (secondary N) is 1. The molecule has 1 aliphatic heterocycles. The summed E-state index contributed by atoms with van der Waals surface area (Å²) in [5.41, 5.74) is 1.85. The van der Waals surface area contributed by atoms with Crippen molar-refractivity contribution in [1.82, 2.24) is 5.32 Å². The summed E-state index contributed by atoms with van der Waals surface area (Å²) in [6.07, 6.45) is 4.15. The number of rotatable bonds is 4. The lowest BCUT2D eigenvalue weighted by atomic mass is 9.78. The van der Waals surface area contributed by atoms with E-state index < -0.39 is 10.0 Å². The number of carbonyl (C=O) groups is 1. The van der Waals surface area contributed by atoms with E-state index in [2.05, 4.69) is 31.0 Å². The maximum Gasteiger partial charge on any atom is 0.239 e. The van der Waals surface area contributed by atoms with Crippen LogP contribution >= 0.6 is 0 Å². The molecule has 1 fully saturated rings. The Morgan fingerprint density at radius 2 is 2.00 bits per heavy atom. The van der Waals surface area contributed by atoms with Crippen LogP contribution in [0.2, 0.25) is 0 Å². The average molecular weight is 380 g/mol. The van der Waals surface area contributed by atoms with Crippen molar-refractivity contribution >= 4 is 21.6 Å². The largest absolute Gasteiger partial charge is 0.359 e. The fourth-order valence-corrected chi connectivity index (χ4v) is 4.85. The highest BCUT2D eigenvalue weighted by molar-refractivity contribution is 7.89. The molecule has 6 nitrogen and oxygen atoms in total. The molecule has 0 bridgehead atoms. The second kappa shape index (κ2) is 7.19. The first-order valence-electron chi connectivity index (χ1n) is 9.38. The standard InChI is InChI=1S/C19H29N3O3S/c1-12-5-4-6-17(14(12)3)21-19(23)11-22-13(2)9-15-10-16(26(20,24)25)7-8-18(15)22/h7-8,10,12-14,17H,4-6,9,11H2,1-3H3,(H,21,23)(H2,20,24,25)/t12-,13-,14+,17-/m0/s1. The molecule has 0 aromatic heterocycles. The monoisotopic (exact) mass is 379 g/mol. The van der Waals surface area contributed by atoms with Gasteiger partial charge < -0.3 is 10.2 Å². The van der Waals surface area contributed by atoms with Crippen LogP contribution in [0.25, 0.3) is 0 Å². The molecule has 1 aromatic carbocycles. The van der Waals surface area contributed by atoms with E-state index in [9.17, 15) is 13.2 Å². The van der Waals surface area contributed by atoms with Gasteiger partial charge in [-0.05, 0) is 55.4 Å². The molecule has 1 saturated carbocycles. The summed E-state index contributed by atoms with van der Waals surface area (Å²) in [4.78, 5) is 14.8. The van der Waals surface area contributed by atoms with Crippen molar-refractivity contribution in [2.24, 2.45) is 17.0 Å². The molecule has 3 N–H and O–H groups in total. The van der Waals surface area contributed by atoms with Gasteiger partial charge in [-0.25, -0.2) is 13.6 Å². The number of fused-ring (bicyclic) bond motifs is 1. The van der Waals surface area contributed by atoms with Crippen molar-refractivity contribution in [2.75, 3.05) is 11.4 Å². The molecule has 0 unspecified atom stereocenters. The molecule has 144 valence electrons.